The fourth-order valence-electron chi connectivity index (χ4n) is 2.50. The van der Waals surface area contributed by atoms with Crippen molar-refractivity contribution in [2.75, 3.05) is 0 Å². The normalized spacial score (nSPS) is 17.4. The van der Waals surface area contributed by atoms with Crippen molar-refractivity contribution in [2.45, 2.75) is 70.1 Å². The highest BCUT2D eigenvalue weighted by Gasteiger charge is 2.29. The van der Waals surface area contributed by atoms with E-state index in [1.54, 1.807) is 11.8 Å². The molecule has 1 atom stereocenters. The van der Waals surface area contributed by atoms with Crippen LogP contribution in [0.5, 0.6) is 11.5 Å². The van der Waals surface area contributed by atoms with Crippen LogP contribution in [0.2, 0.25) is 0 Å². The number of phenolic OH excluding ortho intramolecular Hbond substituents is 1. The van der Waals surface area contributed by atoms with Gasteiger partial charge in [0.05, 0.1) is 4.90 Å². The van der Waals surface area contributed by atoms with Gasteiger partial charge in [0.1, 0.15) is 16.9 Å². The van der Waals surface area contributed by atoms with Crippen LogP contribution in [0, 0.1) is 20.8 Å². The van der Waals surface area contributed by atoms with Crippen molar-refractivity contribution in [3.63, 3.8) is 0 Å². The third-order valence-corrected chi connectivity index (χ3v) is 5.27. The van der Waals surface area contributed by atoms with Gasteiger partial charge in [-0.15, -0.1) is 0 Å². The second-order valence-corrected chi connectivity index (χ2v) is 6.57. The molecule has 1 N–H and O–H groups in total. The molecule has 0 unspecified atom stereocenters. The average Bonchev–Trinajstić information content (AvgIpc) is 2.83. The van der Waals surface area contributed by atoms with Crippen LogP contribution >= 0.6 is 11.8 Å². The molecule has 0 saturated heterocycles. The van der Waals surface area contributed by atoms with Gasteiger partial charge in [0.15, 0.2) is 0 Å². The van der Waals surface area contributed by atoms with Gasteiger partial charge in [0.25, 0.3) is 0 Å². The van der Waals surface area contributed by atoms with Crippen LogP contribution in [-0.2, 0) is 0 Å². The predicted octanol–water partition coefficient (Wildman–Crippen LogP) is 5.10. The number of aromatic hydroxyl groups is 1. The van der Waals surface area contributed by atoms with Gasteiger partial charge in [-0.05, 0) is 44.7 Å². The van der Waals surface area contributed by atoms with Crippen molar-refractivity contribution in [1.29, 1.82) is 0 Å². The summed E-state index contributed by atoms with van der Waals surface area (Å²) >= 11 is 1.78. The van der Waals surface area contributed by atoms with Gasteiger partial charge in [-0.2, -0.15) is 0 Å². The molecule has 0 bridgehead atoms. The van der Waals surface area contributed by atoms with Crippen molar-refractivity contribution in [2.24, 2.45) is 0 Å². The van der Waals surface area contributed by atoms with Crippen LogP contribution in [0.3, 0.4) is 0 Å². The molecule has 106 valence electrons. The van der Waals surface area contributed by atoms with Gasteiger partial charge in [0.2, 0.25) is 0 Å². The van der Waals surface area contributed by atoms with Gasteiger partial charge in [-0.3, -0.25) is 0 Å². The Balaban J connectivity index is 2.08. The molecule has 1 aliphatic heterocycles. The molecule has 3 heteroatoms. The van der Waals surface area contributed by atoms with Crippen LogP contribution in [-0.4, -0.2) is 10.5 Å². The number of ether oxygens (including phenoxy) is 1. The van der Waals surface area contributed by atoms with E-state index in [0.29, 0.717) is 5.75 Å². The quantitative estimate of drug-likeness (QED) is 0.761. The smallest absolute Gasteiger partial charge is 0.149 e. The van der Waals surface area contributed by atoms with E-state index in [-0.39, 0.29) is 5.44 Å². The molecular weight excluding hydrogens is 256 g/mol. The van der Waals surface area contributed by atoms with E-state index in [1.165, 1.54) is 25.7 Å². The molecule has 2 nitrogen and oxygen atoms in total. The number of thioether (sulfide) groups is 1. The molecule has 0 aliphatic carbocycles. The van der Waals surface area contributed by atoms with Gasteiger partial charge >= 0.3 is 0 Å². The molecule has 2 rings (SSSR count). The largest absolute Gasteiger partial charge is 0.507 e. The molecular formula is C16H24O2S. The Bertz CT molecular complexity index is 432. The Morgan fingerprint density at radius 2 is 1.79 bits per heavy atom. The van der Waals surface area contributed by atoms with Crippen LogP contribution in [0.25, 0.3) is 0 Å². The maximum absolute atomic E-state index is 10.1. The first kappa shape index (κ1) is 14.6. The first-order valence-corrected chi connectivity index (χ1v) is 8.10. The summed E-state index contributed by atoms with van der Waals surface area (Å²) in [6, 6.07) is 0. The number of fused-ring (bicyclic) bond motifs is 1. The van der Waals surface area contributed by atoms with Gasteiger partial charge < -0.3 is 9.84 Å². The highest BCUT2D eigenvalue weighted by Crippen LogP contribution is 2.50. The average molecular weight is 280 g/mol. The van der Waals surface area contributed by atoms with Crippen LogP contribution in [0.15, 0.2) is 4.90 Å². The number of phenols is 1. The number of hydrogen-bond donors (Lipinski definition) is 1. The molecule has 19 heavy (non-hydrogen) atoms. The molecule has 1 heterocycles. The minimum atomic E-state index is 0.227. The van der Waals surface area contributed by atoms with E-state index < -0.39 is 0 Å². The van der Waals surface area contributed by atoms with Gasteiger partial charge in [-0.25, -0.2) is 0 Å². The van der Waals surface area contributed by atoms with Crippen molar-refractivity contribution < 1.29 is 9.84 Å². The number of rotatable bonds is 5. The van der Waals surface area contributed by atoms with E-state index in [9.17, 15) is 5.11 Å². The Labute approximate surface area is 120 Å². The van der Waals surface area contributed by atoms with E-state index in [2.05, 4.69) is 6.92 Å². The zero-order chi connectivity index (χ0) is 14.0. The summed E-state index contributed by atoms with van der Waals surface area (Å²) in [5, 5.41) is 10.1. The molecule has 0 saturated carbocycles. The zero-order valence-electron chi connectivity index (χ0n) is 12.4. The Morgan fingerprint density at radius 3 is 2.47 bits per heavy atom. The SMILES string of the molecule is CCCCCC[C@@H]1Oc2c(C)c(C)c(O)c(C)c2S1. The van der Waals surface area contributed by atoms with E-state index in [4.69, 9.17) is 4.74 Å². The van der Waals surface area contributed by atoms with Crippen molar-refractivity contribution >= 4 is 11.8 Å². The molecule has 1 aromatic carbocycles. The molecule has 0 fully saturated rings. The molecule has 1 aliphatic rings. The van der Waals surface area contributed by atoms with Crippen molar-refractivity contribution in [3.8, 4) is 11.5 Å². The maximum atomic E-state index is 10.1. The third kappa shape index (κ3) is 2.86. The molecule has 1 aromatic rings. The zero-order valence-corrected chi connectivity index (χ0v) is 13.2. The summed E-state index contributed by atoms with van der Waals surface area (Å²) in [7, 11) is 0. The molecule has 0 radical (unpaired) electrons. The fraction of sp³-hybridized carbons (Fsp3) is 0.625. The topological polar surface area (TPSA) is 29.5 Å². The summed E-state index contributed by atoms with van der Waals surface area (Å²) in [4.78, 5) is 1.14. The van der Waals surface area contributed by atoms with Crippen LogP contribution < -0.4 is 4.74 Å². The lowest BCUT2D eigenvalue weighted by Gasteiger charge is -2.12. The lowest BCUT2D eigenvalue weighted by atomic mass is 10.0. The fourth-order valence-corrected chi connectivity index (χ4v) is 3.78. The summed E-state index contributed by atoms with van der Waals surface area (Å²) in [5.41, 5.74) is 3.23. The second kappa shape index (κ2) is 6.08. The van der Waals surface area contributed by atoms with Gasteiger partial charge in [0, 0.05) is 5.56 Å². The van der Waals surface area contributed by atoms with Crippen molar-refractivity contribution in [3.05, 3.63) is 16.7 Å². The third-order valence-electron chi connectivity index (χ3n) is 3.95. The Hall–Kier alpha value is -0.830. The molecule has 0 spiro atoms. The monoisotopic (exact) mass is 280 g/mol. The van der Waals surface area contributed by atoms with E-state index >= 15 is 0 Å². The minimum absolute atomic E-state index is 0.227. The van der Waals surface area contributed by atoms with E-state index in [1.807, 2.05) is 20.8 Å². The van der Waals surface area contributed by atoms with Crippen LogP contribution in [0.4, 0.5) is 0 Å². The number of hydrogen-bond acceptors (Lipinski definition) is 3. The summed E-state index contributed by atoms with van der Waals surface area (Å²) in [5.74, 6) is 1.43. The first-order chi connectivity index (χ1) is 9.06. The predicted molar refractivity (Wildman–Crippen MR) is 81.3 cm³/mol. The number of benzene rings is 1. The maximum Gasteiger partial charge on any atom is 0.149 e. The van der Waals surface area contributed by atoms with Crippen molar-refractivity contribution in [1.82, 2.24) is 0 Å². The lowest BCUT2D eigenvalue weighted by molar-refractivity contribution is 0.275. The van der Waals surface area contributed by atoms with Gasteiger partial charge in [-0.1, -0.05) is 37.9 Å². The summed E-state index contributed by atoms with van der Waals surface area (Å²) < 4.78 is 6.09. The lowest BCUT2D eigenvalue weighted by Crippen LogP contribution is -2.06. The Morgan fingerprint density at radius 1 is 1.05 bits per heavy atom. The molecule has 0 aromatic heterocycles. The van der Waals surface area contributed by atoms with Crippen LogP contribution in [0.1, 0.15) is 55.7 Å². The number of unbranched alkanes of at least 4 members (excludes halogenated alkanes) is 3. The summed E-state index contributed by atoms with van der Waals surface area (Å²) in [6.45, 7) is 8.21. The minimum Gasteiger partial charge on any atom is -0.507 e. The molecule has 0 amide bonds. The first-order valence-electron chi connectivity index (χ1n) is 7.22. The Kier molecular flexibility index (Phi) is 4.67. The highest BCUT2D eigenvalue weighted by atomic mass is 32.2. The standard InChI is InChI=1S/C16H24O2S/c1-5-6-7-8-9-13-18-15-11(3)10(2)14(17)12(4)16(15)19-13/h13,17H,5-9H2,1-4H3/t13-/m1/s1. The second-order valence-electron chi connectivity index (χ2n) is 5.40. The highest BCUT2D eigenvalue weighted by molar-refractivity contribution is 8.00. The summed E-state index contributed by atoms with van der Waals surface area (Å²) in [6.07, 6.45) is 6.18. The van der Waals surface area contributed by atoms with E-state index in [0.717, 1.165) is 33.8 Å².